The number of unbranched alkanes of at least 4 members (excludes halogenated alkanes) is 2. The number of nitrogens with one attached hydrogen (secondary N) is 1. The number of ether oxygens (including phenoxy) is 2. The van der Waals surface area contributed by atoms with E-state index in [-0.39, 0.29) is 0 Å². The summed E-state index contributed by atoms with van der Waals surface area (Å²) in [5, 5.41) is 0.493. The third kappa shape index (κ3) is 6.01. The van der Waals surface area contributed by atoms with Crippen LogP contribution in [-0.2, 0) is 16.6 Å². The molecule has 0 atom stereocenters. The minimum absolute atomic E-state index is 0.313. The summed E-state index contributed by atoms with van der Waals surface area (Å²) < 4.78 is 40.5. The predicted octanol–water partition coefficient (Wildman–Crippen LogP) is 3.39. The zero-order valence-electron chi connectivity index (χ0n) is 15.6. The molecule has 0 saturated heterocycles. The number of nitrogens with zero attached hydrogens (tertiary/aromatic N) is 1. The maximum atomic E-state index is 12.6. The van der Waals surface area contributed by atoms with Crippen molar-refractivity contribution in [3.63, 3.8) is 0 Å². The van der Waals surface area contributed by atoms with Gasteiger partial charge in [0.1, 0.15) is 13.2 Å². The topological polar surface area (TPSA) is 67.9 Å². The molecule has 1 aromatic carbocycles. The molecule has 0 saturated carbocycles. The largest absolute Gasteiger partial charge is 0.486 e. The number of fused-ring (bicyclic) bond motifs is 1. The maximum absolute atomic E-state index is 12.6. The van der Waals surface area contributed by atoms with Gasteiger partial charge >= 0.3 is 0 Å². The molecule has 2 rings (SSSR count). The van der Waals surface area contributed by atoms with E-state index < -0.39 is 10.2 Å². The molecule has 1 aliphatic heterocycles. The van der Waals surface area contributed by atoms with Gasteiger partial charge in [0.15, 0.2) is 11.5 Å². The van der Waals surface area contributed by atoms with Gasteiger partial charge in [0, 0.05) is 19.6 Å². The van der Waals surface area contributed by atoms with Crippen molar-refractivity contribution in [3.8, 4) is 11.5 Å². The molecule has 1 N–H and O–H groups in total. The third-order valence-corrected chi connectivity index (χ3v) is 6.11. The Hall–Kier alpha value is -1.02. The summed E-state index contributed by atoms with van der Waals surface area (Å²) >= 11 is 6.23. The Morgan fingerprint density at radius 3 is 2.42 bits per heavy atom. The first-order chi connectivity index (χ1) is 12.5. The first kappa shape index (κ1) is 21.3. The number of hydrogen-bond donors (Lipinski definition) is 1. The summed E-state index contributed by atoms with van der Waals surface area (Å²) in [7, 11) is -3.47. The first-order valence-corrected chi connectivity index (χ1v) is 11.1. The SMILES string of the molecule is CCCCN(CCCC)S(=O)(=O)NCCc1cc(Cl)c2c(c1)OCCO2. The second-order valence-corrected chi connectivity index (χ2v) is 8.52. The van der Waals surface area contributed by atoms with Crippen LogP contribution in [0, 0.1) is 0 Å². The smallest absolute Gasteiger partial charge is 0.279 e. The molecule has 0 unspecified atom stereocenters. The number of halogens is 1. The zero-order valence-corrected chi connectivity index (χ0v) is 17.2. The van der Waals surface area contributed by atoms with Crippen molar-refractivity contribution >= 4 is 21.8 Å². The van der Waals surface area contributed by atoms with Crippen molar-refractivity contribution in [3.05, 3.63) is 22.7 Å². The van der Waals surface area contributed by atoms with E-state index in [0.717, 1.165) is 31.2 Å². The van der Waals surface area contributed by atoms with E-state index >= 15 is 0 Å². The molecule has 0 aliphatic carbocycles. The monoisotopic (exact) mass is 404 g/mol. The normalized spacial score (nSPS) is 14.0. The summed E-state index contributed by atoms with van der Waals surface area (Å²) in [6.07, 6.45) is 4.19. The minimum atomic E-state index is -3.47. The van der Waals surface area contributed by atoms with Gasteiger partial charge in [-0.1, -0.05) is 38.3 Å². The Labute approximate surface area is 162 Å². The summed E-state index contributed by atoms with van der Waals surface area (Å²) in [6.45, 7) is 6.52. The van der Waals surface area contributed by atoms with Gasteiger partial charge in [-0.25, -0.2) is 4.72 Å². The number of hydrogen-bond acceptors (Lipinski definition) is 4. The van der Waals surface area contributed by atoms with Gasteiger partial charge < -0.3 is 9.47 Å². The Morgan fingerprint density at radius 2 is 1.77 bits per heavy atom. The van der Waals surface area contributed by atoms with Gasteiger partial charge in [0.2, 0.25) is 0 Å². The highest BCUT2D eigenvalue weighted by Gasteiger charge is 2.21. The van der Waals surface area contributed by atoms with Crippen LogP contribution in [0.1, 0.15) is 45.1 Å². The van der Waals surface area contributed by atoms with Gasteiger partial charge in [0.25, 0.3) is 10.2 Å². The van der Waals surface area contributed by atoms with Crippen LogP contribution in [0.25, 0.3) is 0 Å². The molecular weight excluding hydrogens is 376 g/mol. The van der Waals surface area contributed by atoms with E-state index in [4.69, 9.17) is 21.1 Å². The lowest BCUT2D eigenvalue weighted by Crippen LogP contribution is -2.42. The fraction of sp³-hybridized carbons (Fsp3) is 0.667. The Morgan fingerprint density at radius 1 is 1.12 bits per heavy atom. The third-order valence-electron chi connectivity index (χ3n) is 4.22. The second-order valence-electron chi connectivity index (χ2n) is 6.36. The fourth-order valence-corrected chi connectivity index (χ4v) is 4.31. The Kier molecular flexibility index (Phi) is 8.47. The Balaban J connectivity index is 1.95. The maximum Gasteiger partial charge on any atom is 0.279 e. The van der Waals surface area contributed by atoms with E-state index in [1.807, 2.05) is 6.07 Å². The highest BCUT2D eigenvalue weighted by atomic mass is 35.5. The van der Waals surface area contributed by atoms with E-state index in [2.05, 4.69) is 18.6 Å². The van der Waals surface area contributed by atoms with Crippen LogP contribution >= 0.6 is 11.6 Å². The molecule has 1 aliphatic rings. The molecule has 0 spiro atoms. The van der Waals surface area contributed by atoms with Crippen LogP contribution in [0.4, 0.5) is 0 Å². The number of benzene rings is 1. The van der Waals surface area contributed by atoms with Crippen molar-refractivity contribution < 1.29 is 17.9 Å². The van der Waals surface area contributed by atoms with E-state index in [9.17, 15) is 8.42 Å². The van der Waals surface area contributed by atoms with Crippen molar-refractivity contribution in [1.82, 2.24) is 9.03 Å². The van der Waals surface area contributed by atoms with Crippen LogP contribution < -0.4 is 14.2 Å². The predicted molar refractivity (Wildman–Crippen MR) is 104 cm³/mol. The molecular formula is C18H29ClN2O4S. The van der Waals surface area contributed by atoms with E-state index in [0.29, 0.717) is 55.8 Å². The molecule has 0 radical (unpaired) electrons. The van der Waals surface area contributed by atoms with E-state index in [1.165, 1.54) is 0 Å². The molecule has 148 valence electrons. The van der Waals surface area contributed by atoms with E-state index in [1.54, 1.807) is 10.4 Å². The van der Waals surface area contributed by atoms with Crippen LogP contribution in [0.5, 0.6) is 11.5 Å². The van der Waals surface area contributed by atoms with Gasteiger partial charge in [-0.15, -0.1) is 0 Å². The lowest BCUT2D eigenvalue weighted by molar-refractivity contribution is 0.171. The lowest BCUT2D eigenvalue weighted by Gasteiger charge is -2.22. The molecule has 0 fully saturated rings. The highest BCUT2D eigenvalue weighted by Crippen LogP contribution is 2.38. The summed E-state index contributed by atoms with van der Waals surface area (Å²) in [5.74, 6) is 1.18. The molecule has 26 heavy (non-hydrogen) atoms. The molecule has 0 amide bonds. The zero-order chi connectivity index (χ0) is 19.0. The fourth-order valence-electron chi connectivity index (χ4n) is 2.75. The van der Waals surface area contributed by atoms with Crippen LogP contribution in [0.3, 0.4) is 0 Å². The quantitative estimate of drug-likeness (QED) is 0.613. The average Bonchev–Trinajstić information content (AvgIpc) is 2.61. The van der Waals surface area contributed by atoms with Crippen molar-refractivity contribution in [1.29, 1.82) is 0 Å². The van der Waals surface area contributed by atoms with Crippen molar-refractivity contribution in [2.45, 2.75) is 46.0 Å². The van der Waals surface area contributed by atoms with Gasteiger partial charge in [0.05, 0.1) is 5.02 Å². The summed E-state index contributed by atoms with van der Waals surface area (Å²) in [6, 6.07) is 3.66. The van der Waals surface area contributed by atoms with Crippen molar-refractivity contribution in [2.75, 3.05) is 32.8 Å². The minimum Gasteiger partial charge on any atom is -0.486 e. The van der Waals surface area contributed by atoms with Crippen molar-refractivity contribution in [2.24, 2.45) is 0 Å². The molecule has 1 aromatic rings. The average molecular weight is 405 g/mol. The standard InChI is InChI=1S/C18H29ClN2O4S/c1-3-5-9-21(10-6-4-2)26(22,23)20-8-7-15-13-16(19)18-17(14-15)24-11-12-25-18/h13-14,20H,3-12H2,1-2H3. The first-order valence-electron chi connectivity index (χ1n) is 9.30. The van der Waals surface area contributed by atoms with Gasteiger partial charge in [-0.2, -0.15) is 12.7 Å². The molecule has 8 heteroatoms. The highest BCUT2D eigenvalue weighted by molar-refractivity contribution is 7.87. The molecule has 0 bridgehead atoms. The van der Waals surface area contributed by atoms with Crippen LogP contribution in [0.15, 0.2) is 12.1 Å². The van der Waals surface area contributed by atoms with Gasteiger partial charge in [-0.05, 0) is 37.0 Å². The molecule has 6 nitrogen and oxygen atoms in total. The van der Waals surface area contributed by atoms with Gasteiger partial charge in [-0.3, -0.25) is 0 Å². The lowest BCUT2D eigenvalue weighted by atomic mass is 10.1. The molecule has 0 aromatic heterocycles. The van der Waals surface area contributed by atoms with Crippen LogP contribution in [0.2, 0.25) is 5.02 Å². The summed E-state index contributed by atoms with van der Waals surface area (Å²) in [4.78, 5) is 0. The summed E-state index contributed by atoms with van der Waals surface area (Å²) in [5.41, 5.74) is 0.913. The Bertz CT molecular complexity index is 674. The second kappa shape index (κ2) is 10.3. The van der Waals surface area contributed by atoms with Crippen LogP contribution in [-0.4, -0.2) is 45.6 Å². The molecule has 1 heterocycles. The number of rotatable bonds is 11.